The van der Waals surface area contributed by atoms with E-state index < -0.39 is 0 Å². The van der Waals surface area contributed by atoms with Crippen molar-refractivity contribution in [1.82, 2.24) is 24.9 Å². The fourth-order valence-electron chi connectivity index (χ4n) is 2.64. The Morgan fingerprint density at radius 2 is 1.87 bits per heavy atom. The van der Waals surface area contributed by atoms with Crippen molar-refractivity contribution >= 4 is 17.0 Å². The Morgan fingerprint density at radius 3 is 2.70 bits per heavy atom. The summed E-state index contributed by atoms with van der Waals surface area (Å²) in [4.78, 5) is 29.9. The molecule has 0 spiro atoms. The lowest BCUT2D eigenvalue weighted by atomic mass is 10.0. The standard InChI is InChI=1S/C16H12N6O/c17-16-20-6-3-12(22-16)11-8-21-15-14(11)10(2-5-19-15)9-1-4-18-13(23)7-9/h1-8H,(H,18,23)(H,19,21)(H2,17,20,22). The van der Waals surface area contributed by atoms with E-state index in [0.717, 1.165) is 27.7 Å². The molecule has 0 bridgehead atoms. The van der Waals surface area contributed by atoms with Crippen LogP contribution in [0, 0.1) is 0 Å². The van der Waals surface area contributed by atoms with Crippen molar-refractivity contribution in [2.45, 2.75) is 0 Å². The molecule has 112 valence electrons. The van der Waals surface area contributed by atoms with Gasteiger partial charge in [0, 0.05) is 41.8 Å². The van der Waals surface area contributed by atoms with Crippen LogP contribution < -0.4 is 11.3 Å². The molecule has 0 unspecified atom stereocenters. The van der Waals surface area contributed by atoms with Gasteiger partial charge in [-0.2, -0.15) is 0 Å². The molecule has 0 radical (unpaired) electrons. The molecular weight excluding hydrogens is 292 g/mol. The molecule has 4 heterocycles. The molecule has 0 aliphatic heterocycles. The zero-order valence-corrected chi connectivity index (χ0v) is 11.9. The third-order valence-corrected chi connectivity index (χ3v) is 3.61. The molecule has 4 N–H and O–H groups in total. The Balaban J connectivity index is 2.03. The van der Waals surface area contributed by atoms with E-state index in [-0.39, 0.29) is 11.5 Å². The van der Waals surface area contributed by atoms with Crippen LogP contribution in [0.4, 0.5) is 5.95 Å². The third-order valence-electron chi connectivity index (χ3n) is 3.61. The highest BCUT2D eigenvalue weighted by molar-refractivity contribution is 6.03. The van der Waals surface area contributed by atoms with Gasteiger partial charge in [-0.3, -0.25) is 4.79 Å². The largest absolute Gasteiger partial charge is 0.368 e. The SMILES string of the molecule is Nc1nccc(-c2c[nH]c3nccc(-c4cc[nH]c(=O)c4)c23)n1. The monoisotopic (exact) mass is 304 g/mol. The second-order valence-corrected chi connectivity index (χ2v) is 5.03. The van der Waals surface area contributed by atoms with E-state index in [2.05, 4.69) is 24.9 Å². The zero-order valence-electron chi connectivity index (χ0n) is 11.9. The molecule has 0 saturated carbocycles. The number of nitrogens with one attached hydrogen (secondary N) is 2. The fourth-order valence-corrected chi connectivity index (χ4v) is 2.64. The maximum atomic E-state index is 11.6. The molecule has 0 aliphatic rings. The van der Waals surface area contributed by atoms with E-state index in [1.54, 1.807) is 30.7 Å². The average Bonchev–Trinajstić information content (AvgIpc) is 2.99. The summed E-state index contributed by atoms with van der Waals surface area (Å²) in [5.74, 6) is 0.207. The number of H-pyrrole nitrogens is 2. The lowest BCUT2D eigenvalue weighted by Gasteiger charge is -2.06. The van der Waals surface area contributed by atoms with Crippen molar-refractivity contribution in [1.29, 1.82) is 0 Å². The summed E-state index contributed by atoms with van der Waals surface area (Å²) >= 11 is 0. The number of rotatable bonds is 2. The van der Waals surface area contributed by atoms with Gasteiger partial charge in [0.2, 0.25) is 11.5 Å². The Hall–Kier alpha value is -3.48. The number of anilines is 1. The second-order valence-electron chi connectivity index (χ2n) is 5.03. The summed E-state index contributed by atoms with van der Waals surface area (Å²) in [5, 5.41) is 0.885. The third kappa shape index (κ3) is 2.24. The molecule has 0 atom stereocenters. The predicted molar refractivity (Wildman–Crippen MR) is 87.6 cm³/mol. The molecule has 0 fully saturated rings. The van der Waals surface area contributed by atoms with Gasteiger partial charge in [-0.05, 0) is 29.3 Å². The smallest absolute Gasteiger partial charge is 0.248 e. The lowest BCUT2D eigenvalue weighted by molar-refractivity contribution is 1.19. The minimum Gasteiger partial charge on any atom is -0.368 e. The van der Waals surface area contributed by atoms with E-state index >= 15 is 0 Å². The molecule has 4 aromatic heterocycles. The predicted octanol–water partition coefficient (Wildman–Crippen LogP) is 1.96. The maximum absolute atomic E-state index is 11.6. The van der Waals surface area contributed by atoms with E-state index in [1.165, 1.54) is 0 Å². The lowest BCUT2D eigenvalue weighted by Crippen LogP contribution is -2.02. The maximum Gasteiger partial charge on any atom is 0.248 e. The van der Waals surface area contributed by atoms with Crippen molar-refractivity contribution in [3.8, 4) is 22.4 Å². The van der Waals surface area contributed by atoms with Gasteiger partial charge in [0.1, 0.15) is 5.65 Å². The van der Waals surface area contributed by atoms with Gasteiger partial charge in [-0.1, -0.05) is 0 Å². The molecule has 0 aliphatic carbocycles. The first-order valence-electron chi connectivity index (χ1n) is 6.96. The molecule has 7 heteroatoms. The van der Waals surface area contributed by atoms with Crippen molar-refractivity contribution < 1.29 is 0 Å². The molecule has 0 aromatic carbocycles. The van der Waals surface area contributed by atoms with Crippen LogP contribution in [-0.4, -0.2) is 24.9 Å². The second kappa shape index (κ2) is 5.06. The van der Waals surface area contributed by atoms with E-state index in [0.29, 0.717) is 5.69 Å². The number of aromatic amines is 2. The number of hydrogen-bond acceptors (Lipinski definition) is 5. The van der Waals surface area contributed by atoms with Gasteiger partial charge >= 0.3 is 0 Å². The average molecular weight is 304 g/mol. The summed E-state index contributed by atoms with van der Waals surface area (Å²) in [6.45, 7) is 0. The number of fused-ring (bicyclic) bond motifs is 1. The van der Waals surface area contributed by atoms with Crippen molar-refractivity contribution in [3.63, 3.8) is 0 Å². The first-order chi connectivity index (χ1) is 11.2. The van der Waals surface area contributed by atoms with Gasteiger partial charge in [-0.25, -0.2) is 15.0 Å². The molecular formula is C16H12N6O. The van der Waals surface area contributed by atoms with Crippen LogP contribution in [0.1, 0.15) is 0 Å². The van der Waals surface area contributed by atoms with Crippen LogP contribution in [-0.2, 0) is 0 Å². The Kier molecular flexibility index (Phi) is 2.90. The molecule has 4 aromatic rings. The van der Waals surface area contributed by atoms with Crippen LogP contribution in [0.2, 0.25) is 0 Å². The number of pyridine rings is 2. The summed E-state index contributed by atoms with van der Waals surface area (Å²) in [5.41, 5.74) is 9.51. The van der Waals surface area contributed by atoms with Crippen LogP contribution >= 0.6 is 0 Å². The van der Waals surface area contributed by atoms with Crippen molar-refractivity contribution in [2.75, 3.05) is 5.73 Å². The quantitative estimate of drug-likeness (QED) is 0.524. The van der Waals surface area contributed by atoms with Gasteiger partial charge in [-0.15, -0.1) is 0 Å². The van der Waals surface area contributed by atoms with Crippen molar-refractivity contribution in [3.05, 3.63) is 59.4 Å². The Morgan fingerprint density at radius 1 is 1.00 bits per heavy atom. The summed E-state index contributed by atoms with van der Waals surface area (Å²) < 4.78 is 0. The van der Waals surface area contributed by atoms with Crippen LogP contribution in [0.15, 0.2) is 53.8 Å². The number of hydrogen-bond donors (Lipinski definition) is 3. The van der Waals surface area contributed by atoms with E-state index in [1.807, 2.05) is 18.3 Å². The fraction of sp³-hybridized carbons (Fsp3) is 0. The summed E-state index contributed by atoms with van der Waals surface area (Å²) in [6, 6.07) is 7.06. The summed E-state index contributed by atoms with van der Waals surface area (Å²) in [6.07, 6.45) is 6.77. The molecule has 7 nitrogen and oxygen atoms in total. The first-order valence-corrected chi connectivity index (χ1v) is 6.96. The Labute approximate surface area is 130 Å². The van der Waals surface area contributed by atoms with Gasteiger partial charge < -0.3 is 15.7 Å². The topological polar surface area (TPSA) is 113 Å². The van der Waals surface area contributed by atoms with Gasteiger partial charge in [0.25, 0.3) is 0 Å². The van der Waals surface area contributed by atoms with Crippen LogP contribution in [0.5, 0.6) is 0 Å². The van der Waals surface area contributed by atoms with Gasteiger partial charge in [0.05, 0.1) is 5.69 Å². The highest BCUT2D eigenvalue weighted by atomic mass is 16.1. The van der Waals surface area contributed by atoms with E-state index in [4.69, 9.17) is 5.73 Å². The molecule has 0 saturated heterocycles. The highest BCUT2D eigenvalue weighted by Gasteiger charge is 2.14. The van der Waals surface area contributed by atoms with Crippen molar-refractivity contribution in [2.24, 2.45) is 0 Å². The molecule has 4 rings (SSSR count). The normalized spacial score (nSPS) is 11.0. The number of nitrogens with zero attached hydrogens (tertiary/aromatic N) is 3. The minimum absolute atomic E-state index is 0.157. The summed E-state index contributed by atoms with van der Waals surface area (Å²) in [7, 11) is 0. The number of nitrogen functional groups attached to an aromatic ring is 1. The van der Waals surface area contributed by atoms with Crippen LogP contribution in [0.3, 0.4) is 0 Å². The molecule has 23 heavy (non-hydrogen) atoms. The number of nitrogens with two attached hydrogens (primary N) is 1. The zero-order chi connectivity index (χ0) is 15.8. The highest BCUT2D eigenvalue weighted by Crippen LogP contribution is 2.34. The van der Waals surface area contributed by atoms with Crippen LogP contribution in [0.25, 0.3) is 33.4 Å². The molecule has 0 amide bonds. The first kappa shape index (κ1) is 13.2. The number of aromatic nitrogens is 5. The van der Waals surface area contributed by atoms with E-state index in [9.17, 15) is 4.79 Å². The van der Waals surface area contributed by atoms with Gasteiger partial charge in [0.15, 0.2) is 0 Å². The minimum atomic E-state index is -0.157. The Bertz CT molecular complexity index is 1070.